The summed E-state index contributed by atoms with van der Waals surface area (Å²) in [6.07, 6.45) is 1.23. The molecule has 0 aromatic rings. The second-order valence-corrected chi connectivity index (χ2v) is 5.46. The fourth-order valence-electron chi connectivity index (χ4n) is 1.03. The third-order valence-electron chi connectivity index (χ3n) is 1.91. The summed E-state index contributed by atoms with van der Waals surface area (Å²) in [5.74, 6) is 3.48. The molecular formula is C11H25NOS. The first-order valence-corrected chi connectivity index (χ1v) is 6.71. The summed E-state index contributed by atoms with van der Waals surface area (Å²) < 4.78 is 0. The molecule has 2 N–H and O–H groups in total. The molecule has 0 aliphatic carbocycles. The fourth-order valence-corrected chi connectivity index (χ4v) is 2.05. The van der Waals surface area contributed by atoms with Crippen LogP contribution in [0.25, 0.3) is 0 Å². The lowest BCUT2D eigenvalue weighted by Gasteiger charge is -2.08. The first kappa shape index (κ1) is 14.3. The summed E-state index contributed by atoms with van der Waals surface area (Å²) in [5, 5.41) is 12.2. The van der Waals surface area contributed by atoms with Gasteiger partial charge in [-0.25, -0.2) is 0 Å². The van der Waals surface area contributed by atoms with E-state index in [0.717, 1.165) is 24.8 Å². The normalized spacial score (nSPS) is 13.5. The lowest BCUT2D eigenvalue weighted by Crippen LogP contribution is -2.21. The van der Waals surface area contributed by atoms with Gasteiger partial charge in [0, 0.05) is 6.61 Å². The van der Waals surface area contributed by atoms with E-state index < -0.39 is 0 Å². The van der Waals surface area contributed by atoms with Crippen molar-refractivity contribution in [3.63, 3.8) is 0 Å². The molecule has 0 aliphatic rings. The Hall–Kier alpha value is 0.270. The van der Waals surface area contributed by atoms with E-state index in [1.54, 1.807) is 0 Å². The van der Waals surface area contributed by atoms with Crippen molar-refractivity contribution >= 4 is 11.8 Å². The molecular weight excluding hydrogens is 194 g/mol. The Bertz CT molecular complexity index is 120. The van der Waals surface area contributed by atoms with Gasteiger partial charge in [-0.3, -0.25) is 0 Å². The molecule has 0 bridgehead atoms. The van der Waals surface area contributed by atoms with E-state index in [1.165, 1.54) is 12.2 Å². The van der Waals surface area contributed by atoms with Crippen LogP contribution in [0.15, 0.2) is 0 Å². The second-order valence-electron chi connectivity index (χ2n) is 4.31. The van der Waals surface area contributed by atoms with Gasteiger partial charge in [-0.05, 0) is 42.9 Å². The van der Waals surface area contributed by atoms with Crippen molar-refractivity contribution in [3.8, 4) is 0 Å². The Labute approximate surface area is 92.9 Å². The van der Waals surface area contributed by atoms with Gasteiger partial charge in [0.15, 0.2) is 0 Å². The van der Waals surface area contributed by atoms with Crippen molar-refractivity contribution < 1.29 is 5.11 Å². The standard InChI is InChI=1S/C11H25NOS/c1-10(2)7-12-5-4-6-14-9-11(3)8-13/h10-13H,4-9H2,1-3H3. The van der Waals surface area contributed by atoms with E-state index in [-0.39, 0.29) is 0 Å². The first-order chi connectivity index (χ1) is 6.66. The molecule has 0 radical (unpaired) electrons. The van der Waals surface area contributed by atoms with E-state index in [9.17, 15) is 0 Å². The molecule has 0 aromatic heterocycles. The number of aliphatic hydroxyl groups is 1. The smallest absolute Gasteiger partial charge is 0.0464 e. The zero-order valence-electron chi connectivity index (χ0n) is 9.75. The lowest BCUT2D eigenvalue weighted by atomic mass is 10.2. The summed E-state index contributed by atoms with van der Waals surface area (Å²) in [5.41, 5.74) is 0. The molecule has 1 unspecified atom stereocenters. The largest absolute Gasteiger partial charge is 0.396 e. The predicted octanol–water partition coefficient (Wildman–Crippen LogP) is 1.98. The molecule has 0 aromatic carbocycles. The van der Waals surface area contributed by atoms with Gasteiger partial charge >= 0.3 is 0 Å². The van der Waals surface area contributed by atoms with Crippen molar-refractivity contribution in [2.24, 2.45) is 11.8 Å². The van der Waals surface area contributed by atoms with Crippen LogP contribution in [0.2, 0.25) is 0 Å². The highest BCUT2D eigenvalue weighted by Crippen LogP contribution is 2.08. The maximum absolute atomic E-state index is 8.81. The van der Waals surface area contributed by atoms with Gasteiger partial charge in [-0.1, -0.05) is 20.8 Å². The second kappa shape index (κ2) is 9.81. The Morgan fingerprint density at radius 2 is 2.00 bits per heavy atom. The Balaban J connectivity index is 2.99. The number of hydrogen-bond acceptors (Lipinski definition) is 3. The third kappa shape index (κ3) is 10.4. The van der Waals surface area contributed by atoms with Gasteiger partial charge in [0.1, 0.15) is 0 Å². The topological polar surface area (TPSA) is 32.3 Å². The summed E-state index contributed by atoms with van der Waals surface area (Å²) >= 11 is 1.94. The van der Waals surface area contributed by atoms with Gasteiger partial charge in [0.2, 0.25) is 0 Å². The number of thioether (sulfide) groups is 1. The highest BCUT2D eigenvalue weighted by molar-refractivity contribution is 7.99. The predicted molar refractivity (Wildman–Crippen MR) is 65.9 cm³/mol. The van der Waals surface area contributed by atoms with E-state index in [4.69, 9.17) is 5.11 Å². The molecule has 1 atom stereocenters. The average molecular weight is 219 g/mol. The van der Waals surface area contributed by atoms with Crippen molar-refractivity contribution in [1.82, 2.24) is 5.32 Å². The molecule has 2 nitrogen and oxygen atoms in total. The molecule has 0 saturated carbocycles. The number of rotatable bonds is 9. The van der Waals surface area contributed by atoms with E-state index in [2.05, 4.69) is 26.1 Å². The maximum atomic E-state index is 8.81. The summed E-state index contributed by atoms with van der Waals surface area (Å²) in [6.45, 7) is 9.11. The van der Waals surface area contributed by atoms with Crippen LogP contribution in [0.4, 0.5) is 0 Å². The summed E-state index contributed by atoms with van der Waals surface area (Å²) in [7, 11) is 0. The maximum Gasteiger partial charge on any atom is 0.0464 e. The van der Waals surface area contributed by atoms with E-state index in [1.807, 2.05) is 11.8 Å². The molecule has 14 heavy (non-hydrogen) atoms. The van der Waals surface area contributed by atoms with Crippen LogP contribution in [0.3, 0.4) is 0 Å². The quantitative estimate of drug-likeness (QED) is 0.582. The zero-order chi connectivity index (χ0) is 10.8. The zero-order valence-corrected chi connectivity index (χ0v) is 10.6. The van der Waals surface area contributed by atoms with Crippen LogP contribution in [0, 0.1) is 11.8 Å². The minimum atomic E-state index is 0.318. The van der Waals surface area contributed by atoms with Gasteiger partial charge < -0.3 is 10.4 Å². The monoisotopic (exact) mass is 219 g/mol. The molecule has 0 rings (SSSR count). The van der Waals surface area contributed by atoms with Crippen LogP contribution >= 0.6 is 11.8 Å². The molecule has 0 spiro atoms. The third-order valence-corrected chi connectivity index (χ3v) is 3.29. The molecule has 0 amide bonds. The van der Waals surface area contributed by atoms with Gasteiger partial charge in [-0.2, -0.15) is 11.8 Å². The van der Waals surface area contributed by atoms with Crippen LogP contribution < -0.4 is 5.32 Å². The highest BCUT2D eigenvalue weighted by Gasteiger charge is 1.99. The molecule has 0 saturated heterocycles. The molecule has 0 fully saturated rings. The van der Waals surface area contributed by atoms with Gasteiger partial charge in [-0.15, -0.1) is 0 Å². The van der Waals surface area contributed by atoms with E-state index >= 15 is 0 Å². The Kier molecular flexibility index (Phi) is 10.0. The van der Waals surface area contributed by atoms with Crippen LogP contribution in [-0.2, 0) is 0 Å². The highest BCUT2D eigenvalue weighted by atomic mass is 32.2. The van der Waals surface area contributed by atoms with Crippen LogP contribution in [0.1, 0.15) is 27.2 Å². The number of nitrogens with one attached hydrogen (secondary N) is 1. The molecule has 86 valence electrons. The summed E-state index contributed by atoms with van der Waals surface area (Å²) in [4.78, 5) is 0. The van der Waals surface area contributed by atoms with Crippen molar-refractivity contribution in [1.29, 1.82) is 0 Å². The van der Waals surface area contributed by atoms with Crippen LogP contribution in [0.5, 0.6) is 0 Å². The lowest BCUT2D eigenvalue weighted by molar-refractivity contribution is 0.250. The van der Waals surface area contributed by atoms with Gasteiger partial charge in [0.25, 0.3) is 0 Å². The number of hydrogen-bond donors (Lipinski definition) is 2. The first-order valence-electron chi connectivity index (χ1n) is 5.56. The van der Waals surface area contributed by atoms with E-state index in [0.29, 0.717) is 12.5 Å². The SMILES string of the molecule is CC(C)CNCCCSCC(C)CO. The Morgan fingerprint density at radius 1 is 1.29 bits per heavy atom. The van der Waals surface area contributed by atoms with Crippen molar-refractivity contribution in [2.45, 2.75) is 27.2 Å². The Morgan fingerprint density at radius 3 is 2.57 bits per heavy atom. The fraction of sp³-hybridized carbons (Fsp3) is 1.00. The van der Waals surface area contributed by atoms with Crippen LogP contribution in [-0.4, -0.2) is 36.3 Å². The molecule has 3 heteroatoms. The minimum Gasteiger partial charge on any atom is -0.396 e. The van der Waals surface area contributed by atoms with Gasteiger partial charge in [0.05, 0.1) is 0 Å². The average Bonchev–Trinajstić information content (AvgIpc) is 2.15. The molecule has 0 heterocycles. The molecule has 0 aliphatic heterocycles. The van der Waals surface area contributed by atoms with Crippen molar-refractivity contribution in [2.75, 3.05) is 31.2 Å². The number of aliphatic hydroxyl groups excluding tert-OH is 1. The summed E-state index contributed by atoms with van der Waals surface area (Å²) in [6, 6.07) is 0. The minimum absolute atomic E-state index is 0.318. The van der Waals surface area contributed by atoms with Crippen molar-refractivity contribution in [3.05, 3.63) is 0 Å².